The molecule has 116 valence electrons. The topological polar surface area (TPSA) is 58.6 Å². The summed E-state index contributed by atoms with van der Waals surface area (Å²) in [5, 5.41) is 13.2. The minimum absolute atomic E-state index is 0.259. The van der Waals surface area contributed by atoms with E-state index in [1.807, 2.05) is 0 Å². The van der Waals surface area contributed by atoms with Crippen LogP contribution in [0.3, 0.4) is 0 Å². The van der Waals surface area contributed by atoms with Crippen LogP contribution in [-0.2, 0) is 4.79 Å². The van der Waals surface area contributed by atoms with E-state index in [1.165, 1.54) is 12.8 Å². The van der Waals surface area contributed by atoms with Crippen molar-refractivity contribution in [3.63, 3.8) is 0 Å². The van der Waals surface area contributed by atoms with Crippen LogP contribution in [0.2, 0.25) is 5.02 Å². The van der Waals surface area contributed by atoms with Crippen LogP contribution in [0.1, 0.15) is 50.1 Å². The van der Waals surface area contributed by atoms with Gasteiger partial charge in [-0.3, -0.25) is 10.1 Å². The summed E-state index contributed by atoms with van der Waals surface area (Å²) in [6.45, 7) is 0. The first-order valence-corrected chi connectivity index (χ1v) is 7.82. The van der Waals surface area contributed by atoms with Gasteiger partial charge in [-0.25, -0.2) is 0 Å². The van der Waals surface area contributed by atoms with Crippen LogP contribution in [-0.4, -0.2) is 24.2 Å². The van der Waals surface area contributed by atoms with Crippen LogP contribution in [0.5, 0.6) is 5.75 Å². The van der Waals surface area contributed by atoms with E-state index in [2.05, 4.69) is 5.32 Å². The molecule has 21 heavy (non-hydrogen) atoms. The molecule has 1 fully saturated rings. The van der Waals surface area contributed by atoms with Crippen LogP contribution >= 0.6 is 11.6 Å². The highest BCUT2D eigenvalue weighted by Crippen LogP contribution is 2.29. The van der Waals surface area contributed by atoms with Crippen molar-refractivity contribution in [3.8, 4) is 5.75 Å². The Balaban J connectivity index is 2.14. The van der Waals surface area contributed by atoms with E-state index < -0.39 is 12.0 Å². The zero-order valence-corrected chi connectivity index (χ0v) is 13.0. The van der Waals surface area contributed by atoms with E-state index in [-0.39, 0.29) is 6.04 Å². The molecule has 0 spiro atoms. The monoisotopic (exact) mass is 311 g/mol. The number of carboxylic acids is 1. The van der Waals surface area contributed by atoms with E-state index in [0.717, 1.165) is 25.7 Å². The number of rotatable bonds is 5. The van der Waals surface area contributed by atoms with Gasteiger partial charge in [0, 0.05) is 6.04 Å². The van der Waals surface area contributed by atoms with Crippen LogP contribution in [0, 0.1) is 0 Å². The van der Waals surface area contributed by atoms with Gasteiger partial charge in [-0.15, -0.1) is 0 Å². The summed E-state index contributed by atoms with van der Waals surface area (Å²) in [5.74, 6) is -0.320. The van der Waals surface area contributed by atoms with Gasteiger partial charge in [0.25, 0.3) is 0 Å². The molecule has 2 rings (SSSR count). The Morgan fingerprint density at radius 1 is 1.33 bits per heavy atom. The molecule has 4 nitrogen and oxygen atoms in total. The Morgan fingerprint density at radius 2 is 2.00 bits per heavy atom. The maximum Gasteiger partial charge on any atom is 0.325 e. The standard InChI is InChI=1S/C16H22ClNO3/c1-21-14-9-8-11(10-13(14)17)15(16(19)20)18-12-6-4-2-3-5-7-12/h8-10,12,15,18H,2-7H2,1H3,(H,19,20). The molecule has 1 aromatic carbocycles. The number of hydrogen-bond acceptors (Lipinski definition) is 3. The zero-order chi connectivity index (χ0) is 15.2. The Morgan fingerprint density at radius 3 is 2.52 bits per heavy atom. The molecule has 5 heteroatoms. The van der Waals surface area contributed by atoms with Gasteiger partial charge in [0.05, 0.1) is 12.1 Å². The average molecular weight is 312 g/mol. The van der Waals surface area contributed by atoms with E-state index in [4.69, 9.17) is 16.3 Å². The lowest BCUT2D eigenvalue weighted by molar-refractivity contribution is -0.140. The first kappa shape index (κ1) is 16.1. The molecule has 0 aromatic heterocycles. The molecule has 1 atom stereocenters. The SMILES string of the molecule is COc1ccc(C(NC2CCCCCC2)C(=O)O)cc1Cl. The first-order valence-electron chi connectivity index (χ1n) is 7.44. The molecule has 0 bridgehead atoms. The summed E-state index contributed by atoms with van der Waals surface area (Å²) in [6, 6.07) is 4.67. The number of hydrogen-bond donors (Lipinski definition) is 2. The fraction of sp³-hybridized carbons (Fsp3) is 0.562. The third-order valence-electron chi connectivity index (χ3n) is 4.01. The fourth-order valence-corrected chi connectivity index (χ4v) is 3.12. The predicted molar refractivity (Wildman–Crippen MR) is 83.0 cm³/mol. The zero-order valence-electron chi connectivity index (χ0n) is 12.3. The van der Waals surface area contributed by atoms with E-state index in [9.17, 15) is 9.90 Å². The van der Waals surface area contributed by atoms with Crippen LogP contribution in [0.15, 0.2) is 18.2 Å². The van der Waals surface area contributed by atoms with E-state index in [0.29, 0.717) is 16.3 Å². The number of aliphatic carboxylic acids is 1. The smallest absolute Gasteiger partial charge is 0.325 e. The third-order valence-corrected chi connectivity index (χ3v) is 4.31. The largest absolute Gasteiger partial charge is 0.495 e. The predicted octanol–water partition coefficient (Wildman–Crippen LogP) is 3.79. The molecule has 1 aromatic rings. The molecule has 1 aliphatic rings. The Labute approximate surface area is 130 Å². The lowest BCUT2D eigenvalue weighted by atomic mass is 10.0. The van der Waals surface area contributed by atoms with Gasteiger partial charge < -0.3 is 9.84 Å². The summed E-state index contributed by atoms with van der Waals surface area (Å²) in [4.78, 5) is 11.6. The maximum atomic E-state index is 11.6. The highest BCUT2D eigenvalue weighted by Gasteiger charge is 2.24. The molecule has 2 N–H and O–H groups in total. The number of halogens is 1. The van der Waals surface area contributed by atoms with Crippen LogP contribution in [0.4, 0.5) is 0 Å². The number of ether oxygens (including phenoxy) is 1. The minimum atomic E-state index is -0.875. The summed E-state index contributed by atoms with van der Waals surface area (Å²) in [7, 11) is 1.54. The summed E-state index contributed by atoms with van der Waals surface area (Å²) in [6.07, 6.45) is 6.87. The quantitative estimate of drug-likeness (QED) is 0.812. The van der Waals surface area contributed by atoms with Gasteiger partial charge in [-0.2, -0.15) is 0 Å². The van der Waals surface area contributed by atoms with Gasteiger partial charge in [0.2, 0.25) is 0 Å². The first-order chi connectivity index (χ1) is 10.1. The number of methoxy groups -OCH3 is 1. The summed E-state index contributed by atoms with van der Waals surface area (Å²) in [5.41, 5.74) is 0.664. The second-order valence-electron chi connectivity index (χ2n) is 5.52. The molecule has 0 saturated heterocycles. The van der Waals surface area contributed by atoms with Gasteiger partial charge in [-0.05, 0) is 30.5 Å². The van der Waals surface area contributed by atoms with Gasteiger partial charge >= 0.3 is 5.97 Å². The Hall–Kier alpha value is -1.26. The molecule has 0 aliphatic heterocycles. The molecular formula is C16H22ClNO3. The van der Waals surface area contributed by atoms with Crippen molar-refractivity contribution in [2.24, 2.45) is 0 Å². The molecule has 1 aliphatic carbocycles. The molecule has 0 amide bonds. The summed E-state index contributed by atoms with van der Waals surface area (Å²) >= 11 is 6.10. The number of benzene rings is 1. The van der Waals surface area contributed by atoms with Crippen LogP contribution in [0.25, 0.3) is 0 Å². The van der Waals surface area contributed by atoms with Crippen LogP contribution < -0.4 is 10.1 Å². The van der Waals surface area contributed by atoms with Crippen molar-refractivity contribution in [2.75, 3.05) is 7.11 Å². The minimum Gasteiger partial charge on any atom is -0.495 e. The number of nitrogens with one attached hydrogen (secondary N) is 1. The third kappa shape index (κ3) is 4.35. The lowest BCUT2D eigenvalue weighted by Crippen LogP contribution is -2.36. The Kier molecular flexibility index (Phi) is 5.88. The van der Waals surface area contributed by atoms with Crippen molar-refractivity contribution in [3.05, 3.63) is 28.8 Å². The molecule has 1 unspecified atom stereocenters. The van der Waals surface area contributed by atoms with Crippen molar-refractivity contribution in [2.45, 2.75) is 50.6 Å². The maximum absolute atomic E-state index is 11.6. The van der Waals surface area contributed by atoms with Gasteiger partial charge in [0.15, 0.2) is 0 Å². The van der Waals surface area contributed by atoms with E-state index in [1.54, 1.807) is 25.3 Å². The molecular weight excluding hydrogens is 290 g/mol. The number of carbonyl (C=O) groups is 1. The van der Waals surface area contributed by atoms with Crippen molar-refractivity contribution in [1.82, 2.24) is 5.32 Å². The second-order valence-corrected chi connectivity index (χ2v) is 5.93. The normalized spacial score (nSPS) is 18.0. The second kappa shape index (κ2) is 7.66. The summed E-state index contributed by atoms with van der Waals surface area (Å²) < 4.78 is 5.11. The average Bonchev–Trinajstić information content (AvgIpc) is 2.73. The molecule has 0 heterocycles. The molecule has 0 radical (unpaired) electrons. The Bertz CT molecular complexity index is 484. The van der Waals surface area contributed by atoms with Crippen molar-refractivity contribution >= 4 is 17.6 Å². The lowest BCUT2D eigenvalue weighted by Gasteiger charge is -2.22. The van der Waals surface area contributed by atoms with Gasteiger partial charge in [0.1, 0.15) is 11.8 Å². The van der Waals surface area contributed by atoms with E-state index >= 15 is 0 Å². The van der Waals surface area contributed by atoms with Crippen molar-refractivity contribution in [1.29, 1.82) is 0 Å². The number of carboxylic acid groups (broad SMARTS) is 1. The highest BCUT2D eigenvalue weighted by molar-refractivity contribution is 6.32. The molecule has 1 saturated carbocycles. The van der Waals surface area contributed by atoms with Crippen molar-refractivity contribution < 1.29 is 14.6 Å². The highest BCUT2D eigenvalue weighted by atomic mass is 35.5. The van der Waals surface area contributed by atoms with Gasteiger partial charge in [-0.1, -0.05) is 43.4 Å². The fourth-order valence-electron chi connectivity index (χ4n) is 2.85.